The van der Waals surface area contributed by atoms with Gasteiger partial charge in [0, 0.05) is 35.8 Å². The molecule has 0 spiro atoms. The van der Waals surface area contributed by atoms with E-state index in [4.69, 9.17) is 16.3 Å². The molecule has 1 aromatic heterocycles. The van der Waals surface area contributed by atoms with E-state index < -0.39 is 0 Å². The van der Waals surface area contributed by atoms with Crippen LogP contribution in [0.5, 0.6) is 0 Å². The van der Waals surface area contributed by atoms with Gasteiger partial charge in [-0.25, -0.2) is 0 Å². The van der Waals surface area contributed by atoms with E-state index in [1.165, 1.54) is 4.88 Å². The smallest absolute Gasteiger partial charge is 0.258 e. The number of hydrogen-bond acceptors (Lipinski definition) is 5. The molecule has 2 N–H and O–H groups in total. The van der Waals surface area contributed by atoms with E-state index in [0.717, 1.165) is 57.2 Å². The van der Waals surface area contributed by atoms with Crippen molar-refractivity contribution in [2.45, 2.75) is 44.6 Å². The standard InChI is InChI=1S/C23H28ClN3O3S/c1-30-17-10-12-27(13-11-17)14-20(28)26-23-21(18-4-2-3-5-19(18)31-23)22(29)25-16-8-6-15(24)7-9-16/h6-9,17H,2-5,10-14H2,1H3,(H,25,29)(H,26,28). The largest absolute Gasteiger partial charge is 0.381 e. The summed E-state index contributed by atoms with van der Waals surface area (Å²) < 4.78 is 5.41. The van der Waals surface area contributed by atoms with Gasteiger partial charge in [0.05, 0.1) is 18.2 Å². The molecule has 8 heteroatoms. The van der Waals surface area contributed by atoms with Gasteiger partial charge >= 0.3 is 0 Å². The molecule has 2 aliphatic rings. The van der Waals surface area contributed by atoms with Crippen molar-refractivity contribution >= 4 is 45.4 Å². The van der Waals surface area contributed by atoms with Crippen LogP contribution < -0.4 is 10.6 Å². The molecule has 31 heavy (non-hydrogen) atoms. The van der Waals surface area contributed by atoms with Gasteiger partial charge in [0.1, 0.15) is 5.00 Å². The van der Waals surface area contributed by atoms with Crippen molar-refractivity contribution in [3.63, 3.8) is 0 Å². The second-order valence-corrected chi connectivity index (χ2v) is 9.68. The maximum Gasteiger partial charge on any atom is 0.258 e. The number of anilines is 2. The number of rotatable bonds is 6. The Bertz CT molecular complexity index is 936. The minimum absolute atomic E-state index is 0.0741. The first-order valence-corrected chi connectivity index (χ1v) is 12.0. The first-order chi connectivity index (χ1) is 15.0. The van der Waals surface area contributed by atoms with Crippen molar-refractivity contribution in [2.75, 3.05) is 37.4 Å². The molecular weight excluding hydrogens is 434 g/mol. The molecule has 6 nitrogen and oxygen atoms in total. The van der Waals surface area contributed by atoms with E-state index in [1.54, 1.807) is 42.7 Å². The summed E-state index contributed by atoms with van der Waals surface area (Å²) >= 11 is 7.50. The van der Waals surface area contributed by atoms with Gasteiger partial charge in [0.2, 0.25) is 5.91 Å². The van der Waals surface area contributed by atoms with Crippen molar-refractivity contribution in [2.24, 2.45) is 0 Å². The van der Waals surface area contributed by atoms with Crippen LogP contribution in [0.2, 0.25) is 5.02 Å². The molecule has 1 aliphatic carbocycles. The summed E-state index contributed by atoms with van der Waals surface area (Å²) in [6, 6.07) is 7.05. The zero-order valence-corrected chi connectivity index (χ0v) is 19.3. The highest BCUT2D eigenvalue weighted by atomic mass is 35.5. The number of aryl methyl sites for hydroxylation is 1. The average molecular weight is 462 g/mol. The molecule has 2 amide bonds. The van der Waals surface area contributed by atoms with Crippen LogP contribution in [0.1, 0.15) is 46.5 Å². The number of fused-ring (bicyclic) bond motifs is 1. The van der Waals surface area contributed by atoms with Crippen LogP contribution in [0.25, 0.3) is 0 Å². The molecule has 0 radical (unpaired) electrons. The summed E-state index contributed by atoms with van der Waals surface area (Å²) in [6.07, 6.45) is 6.17. The van der Waals surface area contributed by atoms with E-state index in [2.05, 4.69) is 15.5 Å². The number of piperidine rings is 1. The molecule has 0 bridgehead atoms. The molecule has 1 fully saturated rings. The highest BCUT2D eigenvalue weighted by Crippen LogP contribution is 2.38. The van der Waals surface area contributed by atoms with E-state index in [-0.39, 0.29) is 17.9 Å². The van der Waals surface area contributed by atoms with E-state index >= 15 is 0 Å². The first-order valence-electron chi connectivity index (χ1n) is 10.8. The van der Waals surface area contributed by atoms with E-state index in [1.807, 2.05) is 0 Å². The molecule has 2 heterocycles. The molecular formula is C23H28ClN3O3S. The third-order valence-corrected chi connectivity index (χ3v) is 7.45. The molecule has 0 atom stereocenters. The minimum atomic E-state index is -0.182. The highest BCUT2D eigenvalue weighted by Gasteiger charge is 2.27. The van der Waals surface area contributed by atoms with Gasteiger partial charge in [-0.15, -0.1) is 11.3 Å². The van der Waals surface area contributed by atoms with Gasteiger partial charge in [-0.2, -0.15) is 0 Å². The molecule has 1 aliphatic heterocycles. The monoisotopic (exact) mass is 461 g/mol. The maximum atomic E-state index is 13.2. The van der Waals surface area contributed by atoms with Crippen LogP contribution in [0.4, 0.5) is 10.7 Å². The van der Waals surface area contributed by atoms with E-state index in [9.17, 15) is 9.59 Å². The number of nitrogens with one attached hydrogen (secondary N) is 2. The van der Waals surface area contributed by atoms with Crippen molar-refractivity contribution in [3.05, 3.63) is 45.3 Å². The number of likely N-dealkylation sites (tertiary alicyclic amines) is 1. The first kappa shape index (κ1) is 22.3. The third-order valence-electron chi connectivity index (χ3n) is 5.99. The summed E-state index contributed by atoms with van der Waals surface area (Å²) in [5, 5.41) is 7.28. The average Bonchev–Trinajstić information content (AvgIpc) is 3.13. The minimum Gasteiger partial charge on any atom is -0.381 e. The molecule has 166 valence electrons. The predicted molar refractivity (Wildman–Crippen MR) is 125 cm³/mol. The summed E-state index contributed by atoms with van der Waals surface area (Å²) in [4.78, 5) is 29.3. The number of methoxy groups -OCH3 is 1. The van der Waals surface area contributed by atoms with Crippen LogP contribution in [0.15, 0.2) is 24.3 Å². The lowest BCUT2D eigenvalue weighted by Gasteiger charge is -2.30. The Morgan fingerprint density at radius 2 is 1.84 bits per heavy atom. The summed E-state index contributed by atoms with van der Waals surface area (Å²) in [5.74, 6) is -0.257. The van der Waals surface area contributed by atoms with E-state index in [0.29, 0.717) is 27.8 Å². The fraction of sp³-hybridized carbons (Fsp3) is 0.478. The van der Waals surface area contributed by atoms with Crippen molar-refractivity contribution in [3.8, 4) is 0 Å². The zero-order chi connectivity index (χ0) is 21.8. The lowest BCUT2D eigenvalue weighted by Crippen LogP contribution is -2.41. The fourth-order valence-corrected chi connectivity index (χ4v) is 5.72. The quantitative estimate of drug-likeness (QED) is 0.660. The summed E-state index contributed by atoms with van der Waals surface area (Å²) in [6.45, 7) is 2.02. The van der Waals surface area contributed by atoms with Gasteiger partial charge in [0.25, 0.3) is 5.91 Å². The number of benzene rings is 1. The Balaban J connectivity index is 1.48. The van der Waals surface area contributed by atoms with Crippen LogP contribution in [-0.2, 0) is 22.4 Å². The van der Waals surface area contributed by atoms with Crippen molar-refractivity contribution in [1.29, 1.82) is 0 Å². The lowest BCUT2D eigenvalue weighted by atomic mass is 9.95. The van der Waals surface area contributed by atoms with Gasteiger partial charge in [-0.3, -0.25) is 14.5 Å². The van der Waals surface area contributed by atoms with Crippen LogP contribution in [-0.4, -0.2) is 49.6 Å². The number of amides is 2. The van der Waals surface area contributed by atoms with Crippen LogP contribution in [0, 0.1) is 0 Å². The van der Waals surface area contributed by atoms with Gasteiger partial charge in [0.15, 0.2) is 0 Å². The molecule has 2 aromatic rings. The SMILES string of the molecule is COC1CCN(CC(=O)Nc2sc3c(c2C(=O)Nc2ccc(Cl)cc2)CCCC3)CC1. The van der Waals surface area contributed by atoms with Crippen LogP contribution >= 0.6 is 22.9 Å². The highest BCUT2D eigenvalue weighted by molar-refractivity contribution is 7.17. The number of nitrogens with zero attached hydrogens (tertiary/aromatic N) is 1. The van der Waals surface area contributed by atoms with Crippen LogP contribution in [0.3, 0.4) is 0 Å². The Morgan fingerprint density at radius 1 is 1.13 bits per heavy atom. The third kappa shape index (κ3) is 5.47. The number of carbonyl (C=O) groups excluding carboxylic acids is 2. The summed E-state index contributed by atoms with van der Waals surface area (Å²) in [5.41, 5.74) is 2.38. The molecule has 0 unspecified atom stereocenters. The number of carbonyl (C=O) groups is 2. The predicted octanol–water partition coefficient (Wildman–Crippen LogP) is 4.58. The molecule has 1 saturated heterocycles. The number of ether oxygens (including phenoxy) is 1. The second kappa shape index (κ2) is 10.1. The maximum absolute atomic E-state index is 13.2. The van der Waals surface area contributed by atoms with Gasteiger partial charge in [-0.1, -0.05) is 11.6 Å². The van der Waals surface area contributed by atoms with Crippen molar-refractivity contribution < 1.29 is 14.3 Å². The topological polar surface area (TPSA) is 70.7 Å². The normalized spacial score (nSPS) is 17.2. The molecule has 1 aromatic carbocycles. The Hall–Kier alpha value is -1.93. The molecule has 4 rings (SSSR count). The Morgan fingerprint density at radius 3 is 2.55 bits per heavy atom. The summed E-state index contributed by atoms with van der Waals surface area (Å²) in [7, 11) is 1.74. The Kier molecular flexibility index (Phi) is 7.27. The van der Waals surface area contributed by atoms with Gasteiger partial charge in [-0.05, 0) is 68.4 Å². The molecule has 0 saturated carbocycles. The number of halogens is 1. The number of hydrogen-bond donors (Lipinski definition) is 2. The van der Waals surface area contributed by atoms with Gasteiger partial charge < -0.3 is 15.4 Å². The number of thiophene rings is 1. The lowest BCUT2D eigenvalue weighted by molar-refractivity contribution is -0.117. The fourth-order valence-electron chi connectivity index (χ4n) is 4.29. The zero-order valence-electron chi connectivity index (χ0n) is 17.7. The second-order valence-electron chi connectivity index (χ2n) is 8.14. The Labute approximate surface area is 191 Å². The van der Waals surface area contributed by atoms with Crippen molar-refractivity contribution in [1.82, 2.24) is 4.90 Å².